The molecule has 1 aromatic carbocycles. The third kappa shape index (κ3) is 2.69. The highest BCUT2D eigenvalue weighted by Crippen LogP contribution is 2.08. The second-order valence-corrected chi connectivity index (χ2v) is 2.92. The predicted octanol–water partition coefficient (Wildman–Crippen LogP) is 1.54. The summed E-state index contributed by atoms with van der Waals surface area (Å²) in [7, 11) is 0. The smallest absolute Gasteiger partial charge is 0.259 e. The lowest BCUT2D eigenvalue weighted by Crippen LogP contribution is -2.01. The summed E-state index contributed by atoms with van der Waals surface area (Å²) < 4.78 is 21.0. The van der Waals surface area contributed by atoms with E-state index in [-0.39, 0.29) is 0 Å². The molecular weight excluding hydrogens is 162 g/mol. The minimum atomic E-state index is -1.97. The average molecular weight is 171 g/mol. The maximum Gasteiger partial charge on any atom is 0.259 e. The van der Waals surface area contributed by atoms with Gasteiger partial charge in [-0.15, -0.1) is 0 Å². The molecule has 0 aliphatic carbocycles. The molecule has 11 heavy (non-hydrogen) atoms. The molecule has 0 fully saturated rings. The molecule has 0 aliphatic heterocycles. The minimum Gasteiger partial charge on any atom is -0.289 e. The van der Waals surface area contributed by atoms with E-state index in [4.69, 9.17) is 4.55 Å². The van der Waals surface area contributed by atoms with Gasteiger partial charge in [0, 0.05) is 5.69 Å². The zero-order valence-electron chi connectivity index (χ0n) is 6.07. The lowest BCUT2D eigenvalue weighted by atomic mass is 10.2. The molecule has 60 valence electrons. The summed E-state index contributed by atoms with van der Waals surface area (Å²) in [6, 6.07) is 7.25. The van der Waals surface area contributed by atoms with Gasteiger partial charge in [-0.1, -0.05) is 17.7 Å². The molecule has 0 aromatic heterocycles. The van der Waals surface area contributed by atoms with Crippen LogP contribution in [0, 0.1) is 6.92 Å². The number of hydrogen-bond donors (Lipinski definition) is 2. The SMILES string of the molecule is Cc1ccc(NS(=O)O)cc1. The molecule has 1 rings (SSSR count). The van der Waals surface area contributed by atoms with Crippen molar-refractivity contribution in [2.45, 2.75) is 6.92 Å². The highest BCUT2D eigenvalue weighted by Gasteiger charge is 1.92. The van der Waals surface area contributed by atoms with Gasteiger partial charge in [0.1, 0.15) is 0 Å². The van der Waals surface area contributed by atoms with Gasteiger partial charge in [0.15, 0.2) is 0 Å². The van der Waals surface area contributed by atoms with Crippen molar-refractivity contribution in [2.24, 2.45) is 0 Å². The number of anilines is 1. The first-order valence-electron chi connectivity index (χ1n) is 3.12. The third-order valence-corrected chi connectivity index (χ3v) is 1.67. The number of nitrogens with one attached hydrogen (secondary N) is 1. The Kier molecular flexibility index (Phi) is 2.62. The predicted molar refractivity (Wildman–Crippen MR) is 45.6 cm³/mol. The van der Waals surface area contributed by atoms with Crippen molar-refractivity contribution in [2.75, 3.05) is 4.72 Å². The topological polar surface area (TPSA) is 49.3 Å². The Hall–Kier alpha value is -0.870. The van der Waals surface area contributed by atoms with Crippen molar-refractivity contribution in [3.05, 3.63) is 29.8 Å². The summed E-state index contributed by atoms with van der Waals surface area (Å²) in [6.07, 6.45) is 0. The summed E-state index contributed by atoms with van der Waals surface area (Å²) in [5.41, 5.74) is 1.77. The van der Waals surface area contributed by atoms with Gasteiger partial charge < -0.3 is 0 Å². The normalized spacial score (nSPS) is 12.5. The van der Waals surface area contributed by atoms with Crippen LogP contribution in [0.4, 0.5) is 5.69 Å². The number of hydrogen-bond acceptors (Lipinski definition) is 1. The van der Waals surface area contributed by atoms with Gasteiger partial charge in [0.05, 0.1) is 0 Å². The van der Waals surface area contributed by atoms with E-state index in [0.717, 1.165) is 5.56 Å². The Morgan fingerprint density at radius 1 is 1.36 bits per heavy atom. The third-order valence-electron chi connectivity index (χ3n) is 1.26. The fraction of sp³-hybridized carbons (Fsp3) is 0.143. The maximum atomic E-state index is 10.3. The van der Waals surface area contributed by atoms with Crippen molar-refractivity contribution in [3.8, 4) is 0 Å². The van der Waals surface area contributed by atoms with Crippen LogP contribution < -0.4 is 4.72 Å². The standard InChI is InChI=1S/C7H9NO2S/c1-6-2-4-7(5-3-6)8-11(9)10/h2-5,8H,1H3,(H,9,10). The molecular formula is C7H9NO2S. The molecule has 0 saturated carbocycles. The van der Waals surface area contributed by atoms with Crippen molar-refractivity contribution in [1.29, 1.82) is 0 Å². The molecule has 0 saturated heterocycles. The number of rotatable bonds is 2. The average Bonchev–Trinajstić information content (AvgIpc) is 1.93. The van der Waals surface area contributed by atoms with E-state index < -0.39 is 11.3 Å². The van der Waals surface area contributed by atoms with Crippen LogP contribution in [-0.4, -0.2) is 8.76 Å². The van der Waals surface area contributed by atoms with E-state index in [1.807, 2.05) is 19.1 Å². The fourth-order valence-electron chi connectivity index (χ4n) is 0.722. The molecule has 3 nitrogen and oxygen atoms in total. The zero-order chi connectivity index (χ0) is 8.27. The Morgan fingerprint density at radius 3 is 2.36 bits per heavy atom. The first kappa shape index (κ1) is 8.23. The Balaban J connectivity index is 2.74. The quantitative estimate of drug-likeness (QED) is 0.663. The van der Waals surface area contributed by atoms with Crippen LogP contribution in [0.1, 0.15) is 5.56 Å². The molecule has 1 aromatic rings. The molecule has 0 spiro atoms. The molecule has 0 heterocycles. The van der Waals surface area contributed by atoms with Crippen LogP contribution in [-0.2, 0) is 11.3 Å². The van der Waals surface area contributed by atoms with Gasteiger partial charge in [-0.3, -0.25) is 9.27 Å². The first-order valence-corrected chi connectivity index (χ1v) is 4.23. The van der Waals surface area contributed by atoms with E-state index in [2.05, 4.69) is 4.72 Å². The summed E-state index contributed by atoms with van der Waals surface area (Å²) in [5, 5.41) is 0. The molecule has 1 atom stereocenters. The highest BCUT2D eigenvalue weighted by molar-refractivity contribution is 7.80. The molecule has 4 heteroatoms. The zero-order valence-corrected chi connectivity index (χ0v) is 6.89. The molecule has 0 aliphatic rings. The van der Waals surface area contributed by atoms with Crippen molar-refractivity contribution >= 4 is 17.0 Å². The second kappa shape index (κ2) is 3.50. The van der Waals surface area contributed by atoms with E-state index in [0.29, 0.717) is 5.69 Å². The van der Waals surface area contributed by atoms with Crippen LogP contribution >= 0.6 is 0 Å². The monoisotopic (exact) mass is 171 g/mol. The van der Waals surface area contributed by atoms with E-state index in [9.17, 15) is 4.21 Å². The number of benzene rings is 1. The molecule has 2 N–H and O–H groups in total. The van der Waals surface area contributed by atoms with E-state index >= 15 is 0 Å². The first-order chi connectivity index (χ1) is 5.18. The minimum absolute atomic E-state index is 0.649. The van der Waals surface area contributed by atoms with Gasteiger partial charge in [-0.05, 0) is 19.1 Å². The van der Waals surface area contributed by atoms with Gasteiger partial charge in [0.25, 0.3) is 11.3 Å². The van der Waals surface area contributed by atoms with Crippen LogP contribution in [0.5, 0.6) is 0 Å². The van der Waals surface area contributed by atoms with Gasteiger partial charge in [-0.25, -0.2) is 4.21 Å². The Labute approximate surface area is 67.9 Å². The summed E-state index contributed by atoms with van der Waals surface area (Å²) in [4.78, 5) is 0. The van der Waals surface area contributed by atoms with Crippen molar-refractivity contribution < 1.29 is 8.76 Å². The van der Waals surface area contributed by atoms with Crippen LogP contribution in [0.3, 0.4) is 0 Å². The summed E-state index contributed by atoms with van der Waals surface area (Å²) in [6.45, 7) is 1.96. The van der Waals surface area contributed by atoms with Gasteiger partial charge >= 0.3 is 0 Å². The highest BCUT2D eigenvalue weighted by atomic mass is 32.2. The van der Waals surface area contributed by atoms with Crippen molar-refractivity contribution in [3.63, 3.8) is 0 Å². The maximum absolute atomic E-state index is 10.3. The molecule has 1 unspecified atom stereocenters. The fourth-order valence-corrected chi connectivity index (χ4v) is 1.06. The largest absolute Gasteiger partial charge is 0.289 e. The molecule has 0 amide bonds. The van der Waals surface area contributed by atoms with Gasteiger partial charge in [0.2, 0.25) is 0 Å². The molecule has 0 bridgehead atoms. The summed E-state index contributed by atoms with van der Waals surface area (Å²) >= 11 is -1.97. The van der Waals surface area contributed by atoms with Crippen LogP contribution in [0.25, 0.3) is 0 Å². The van der Waals surface area contributed by atoms with Crippen LogP contribution in [0.2, 0.25) is 0 Å². The van der Waals surface area contributed by atoms with Crippen LogP contribution in [0.15, 0.2) is 24.3 Å². The summed E-state index contributed by atoms with van der Waals surface area (Å²) in [5.74, 6) is 0. The van der Waals surface area contributed by atoms with Gasteiger partial charge in [-0.2, -0.15) is 0 Å². The van der Waals surface area contributed by atoms with E-state index in [1.54, 1.807) is 12.1 Å². The Morgan fingerprint density at radius 2 is 1.91 bits per heavy atom. The van der Waals surface area contributed by atoms with E-state index in [1.165, 1.54) is 0 Å². The molecule has 0 radical (unpaired) electrons. The Bertz CT molecular complexity index is 258. The lowest BCUT2D eigenvalue weighted by Gasteiger charge is -1.99. The second-order valence-electron chi connectivity index (χ2n) is 2.22. The van der Waals surface area contributed by atoms with Crippen molar-refractivity contribution in [1.82, 2.24) is 0 Å². The number of aryl methyl sites for hydroxylation is 1. The lowest BCUT2D eigenvalue weighted by molar-refractivity contribution is 0.570.